The van der Waals surface area contributed by atoms with Gasteiger partial charge < -0.3 is 19.5 Å². The first-order chi connectivity index (χ1) is 22.5. The summed E-state index contributed by atoms with van der Waals surface area (Å²) in [4.78, 5) is 42.6. The molecule has 7 nitrogen and oxygen atoms in total. The van der Waals surface area contributed by atoms with Crippen LogP contribution in [-0.4, -0.2) is 42.4 Å². The maximum atomic E-state index is 13.4. The Hall–Kier alpha value is -4.57. The number of alkyl halides is 3. The fraction of sp³-hybridized carbons (Fsp3) is 0.306. The average molecular weight is 664 g/mol. The highest BCUT2D eigenvalue weighted by atomic mass is 35.5. The van der Waals surface area contributed by atoms with Gasteiger partial charge in [0.05, 0.1) is 17.0 Å². The molecule has 2 aliphatic rings. The highest BCUT2D eigenvalue weighted by Gasteiger charge is 2.31. The molecule has 2 saturated heterocycles. The van der Waals surface area contributed by atoms with Crippen LogP contribution in [0, 0.1) is 0 Å². The fourth-order valence-corrected chi connectivity index (χ4v) is 6.35. The van der Waals surface area contributed by atoms with Crippen LogP contribution in [0.4, 0.5) is 18.9 Å². The largest absolute Gasteiger partial charge is 0.451 e. The predicted octanol–water partition coefficient (Wildman–Crippen LogP) is 7.16. The maximum absolute atomic E-state index is 13.4. The van der Waals surface area contributed by atoms with E-state index in [-0.39, 0.29) is 22.6 Å². The van der Waals surface area contributed by atoms with E-state index in [9.17, 15) is 27.6 Å². The maximum Gasteiger partial charge on any atom is 0.416 e. The van der Waals surface area contributed by atoms with E-state index in [4.69, 9.17) is 16.0 Å². The topological polar surface area (TPSA) is 82.9 Å². The summed E-state index contributed by atoms with van der Waals surface area (Å²) in [5.41, 5.74) is 2.51. The molecule has 0 bridgehead atoms. The van der Waals surface area contributed by atoms with Crippen LogP contribution in [0.3, 0.4) is 0 Å². The second-order valence-corrected chi connectivity index (χ2v) is 12.4. The summed E-state index contributed by atoms with van der Waals surface area (Å²) in [6.07, 6.45) is 0.870. The lowest BCUT2D eigenvalue weighted by Crippen LogP contribution is -2.37. The molecular weight excluding hydrogens is 631 g/mol. The average Bonchev–Trinajstić information content (AvgIpc) is 3.45. The van der Waals surface area contributed by atoms with Crippen molar-refractivity contribution in [3.8, 4) is 0 Å². The van der Waals surface area contributed by atoms with Gasteiger partial charge in [-0.1, -0.05) is 53.6 Å². The van der Waals surface area contributed by atoms with Crippen molar-refractivity contribution in [2.24, 2.45) is 0 Å². The number of hydrogen-bond acceptors (Lipinski definition) is 5. The zero-order valence-corrected chi connectivity index (χ0v) is 26.2. The molecule has 0 saturated carbocycles. The highest BCUT2D eigenvalue weighted by molar-refractivity contribution is 6.30. The lowest BCUT2D eigenvalue weighted by atomic mass is 9.97. The molecule has 0 unspecified atom stereocenters. The molecule has 47 heavy (non-hydrogen) atoms. The number of carbonyl (C=O) groups is 2. The van der Waals surface area contributed by atoms with Crippen LogP contribution in [0.2, 0.25) is 5.02 Å². The van der Waals surface area contributed by atoms with Gasteiger partial charge in [0.15, 0.2) is 11.2 Å². The highest BCUT2D eigenvalue weighted by Crippen LogP contribution is 2.31. The quantitative estimate of drug-likeness (QED) is 0.203. The van der Waals surface area contributed by atoms with Crippen molar-refractivity contribution in [1.29, 1.82) is 0 Å². The summed E-state index contributed by atoms with van der Waals surface area (Å²) in [6, 6.07) is 18.5. The van der Waals surface area contributed by atoms with E-state index in [0.29, 0.717) is 24.4 Å². The summed E-state index contributed by atoms with van der Waals surface area (Å²) in [7, 11) is 0. The number of nitrogens with one attached hydrogen (secondary N) is 1. The van der Waals surface area contributed by atoms with E-state index in [1.165, 1.54) is 0 Å². The van der Waals surface area contributed by atoms with Crippen LogP contribution in [0.25, 0.3) is 11.0 Å². The number of benzene rings is 3. The second-order valence-electron chi connectivity index (χ2n) is 12.0. The van der Waals surface area contributed by atoms with E-state index in [2.05, 4.69) is 22.3 Å². The number of rotatable bonds is 8. The monoisotopic (exact) mass is 663 g/mol. The third-order valence-electron chi connectivity index (χ3n) is 8.67. The van der Waals surface area contributed by atoms with Crippen molar-refractivity contribution < 1.29 is 27.2 Å². The fourth-order valence-electron chi connectivity index (χ4n) is 6.23. The Bertz CT molecular complexity index is 1880. The van der Waals surface area contributed by atoms with Gasteiger partial charge in [-0.2, -0.15) is 13.2 Å². The molecule has 6 rings (SSSR count). The Kier molecular flexibility index (Phi) is 9.40. The van der Waals surface area contributed by atoms with Gasteiger partial charge in [-0.25, -0.2) is 0 Å². The van der Waals surface area contributed by atoms with Gasteiger partial charge in [-0.15, -0.1) is 0 Å². The van der Waals surface area contributed by atoms with E-state index in [1.807, 2.05) is 35.2 Å². The molecule has 2 aliphatic heterocycles. The Balaban J connectivity index is 1.19. The first-order valence-electron chi connectivity index (χ1n) is 15.5. The minimum Gasteiger partial charge on any atom is -0.451 e. The van der Waals surface area contributed by atoms with Crippen molar-refractivity contribution in [3.05, 3.63) is 122 Å². The van der Waals surface area contributed by atoms with Crippen LogP contribution in [0.5, 0.6) is 0 Å². The number of halogens is 4. The molecule has 0 radical (unpaired) electrons. The van der Waals surface area contributed by atoms with E-state index >= 15 is 0 Å². The number of anilines is 1. The third-order valence-corrected chi connectivity index (χ3v) is 8.92. The number of nitrogens with zero attached hydrogens (tertiary/aromatic N) is 2. The first-order valence-corrected chi connectivity index (χ1v) is 15.9. The Labute approximate surface area is 274 Å². The molecule has 3 heterocycles. The van der Waals surface area contributed by atoms with Gasteiger partial charge in [0, 0.05) is 49.4 Å². The van der Waals surface area contributed by atoms with Gasteiger partial charge >= 0.3 is 6.18 Å². The Morgan fingerprint density at radius 3 is 2.40 bits per heavy atom. The minimum atomic E-state index is -4.62. The van der Waals surface area contributed by atoms with Crippen molar-refractivity contribution in [2.75, 3.05) is 24.5 Å². The number of para-hydroxylation sites is 1. The Morgan fingerprint density at radius 1 is 0.957 bits per heavy atom. The van der Waals surface area contributed by atoms with Crippen LogP contribution in [-0.2, 0) is 23.9 Å². The summed E-state index contributed by atoms with van der Waals surface area (Å²) in [5, 5.41) is 3.29. The molecule has 1 atom stereocenters. The number of amides is 2. The van der Waals surface area contributed by atoms with Crippen LogP contribution < -0.4 is 15.6 Å². The van der Waals surface area contributed by atoms with Gasteiger partial charge in [0.2, 0.25) is 5.91 Å². The molecule has 2 fully saturated rings. The zero-order valence-electron chi connectivity index (χ0n) is 25.5. The molecule has 2 amide bonds. The molecule has 4 aromatic rings. The van der Waals surface area contributed by atoms with Crippen molar-refractivity contribution in [3.63, 3.8) is 0 Å². The number of hydrogen-bond donors (Lipinski definition) is 1. The molecule has 3 aromatic carbocycles. The normalized spacial score (nSPS) is 16.1. The van der Waals surface area contributed by atoms with Crippen molar-refractivity contribution >= 4 is 40.1 Å². The van der Waals surface area contributed by atoms with Crippen molar-refractivity contribution in [2.45, 2.75) is 50.9 Å². The molecular formula is C36H33ClF3N3O4. The van der Waals surface area contributed by atoms with Crippen molar-refractivity contribution in [1.82, 2.24) is 10.2 Å². The summed E-state index contributed by atoms with van der Waals surface area (Å²) in [6.45, 7) is 2.90. The lowest BCUT2D eigenvalue weighted by molar-refractivity contribution is -0.137. The Morgan fingerprint density at radius 2 is 1.70 bits per heavy atom. The van der Waals surface area contributed by atoms with Gasteiger partial charge in [0.1, 0.15) is 5.58 Å². The van der Waals surface area contributed by atoms with E-state index in [1.54, 1.807) is 12.1 Å². The molecule has 0 aliphatic carbocycles. The lowest BCUT2D eigenvalue weighted by Gasteiger charge is -2.33. The van der Waals surface area contributed by atoms with Gasteiger partial charge in [-0.3, -0.25) is 14.4 Å². The number of carbonyl (C=O) groups excluding carboxylic acids is 2. The van der Waals surface area contributed by atoms with Gasteiger partial charge in [0.25, 0.3) is 5.91 Å². The number of piperidine rings is 1. The first kappa shape index (κ1) is 32.4. The summed E-state index contributed by atoms with van der Waals surface area (Å²) >= 11 is 6.09. The number of fused-ring (bicyclic) bond motifs is 1. The zero-order chi connectivity index (χ0) is 33.1. The third kappa shape index (κ3) is 7.71. The molecule has 244 valence electrons. The SMILES string of the molecule is O=C(N[C@H](C=C1CCN(c2ccccc2CN2CCCC2=O)CC1)Cc1ccc(Cl)cc1)c1cc(=O)c2cc(C(F)(F)F)ccc2o1. The smallest absolute Gasteiger partial charge is 0.416 e. The van der Waals surface area contributed by atoms with E-state index < -0.39 is 29.1 Å². The van der Waals surface area contributed by atoms with Crippen LogP contribution >= 0.6 is 11.6 Å². The van der Waals surface area contributed by atoms with Crippen LogP contribution in [0.1, 0.15) is 52.9 Å². The summed E-state index contributed by atoms with van der Waals surface area (Å²) < 4.78 is 45.1. The molecule has 11 heteroatoms. The van der Waals surface area contributed by atoms with Gasteiger partial charge in [-0.05, 0) is 73.2 Å². The predicted molar refractivity (Wildman–Crippen MR) is 175 cm³/mol. The number of likely N-dealkylation sites (tertiary alicyclic amines) is 1. The van der Waals surface area contributed by atoms with E-state index in [0.717, 1.165) is 85.5 Å². The van der Waals surface area contributed by atoms with Crippen LogP contribution in [0.15, 0.2) is 93.7 Å². The molecule has 0 spiro atoms. The minimum absolute atomic E-state index is 0.106. The second kappa shape index (κ2) is 13.7. The molecule has 1 aromatic heterocycles. The summed E-state index contributed by atoms with van der Waals surface area (Å²) in [5.74, 6) is -0.747. The molecule has 1 N–H and O–H groups in total. The standard InChI is InChI=1S/C36H33ClF3N3O4/c37-27-10-7-23(8-11-27)18-28(41-35(46)33-21-31(44)29-20-26(36(38,39)40)9-12-32(29)47-33)19-24-13-16-42(17-14-24)30-5-2-1-4-25(30)22-43-15-3-6-34(43)45/h1-2,4-5,7-12,19-21,28H,3,6,13-18,22H2,(H,41,46)/t28-/m0/s1.